The smallest absolute Gasteiger partial charge is 0.164 e. The topological polar surface area (TPSA) is 117 Å². The summed E-state index contributed by atoms with van der Waals surface area (Å²) in [5, 5.41) is 14.6. The fraction of sp³-hybridized carbons (Fsp3) is 0.375. The number of sulfone groups is 1. The first-order valence-electron chi connectivity index (χ1n) is 7.94. The molecular weight excluding hydrogens is 340 g/mol. The summed E-state index contributed by atoms with van der Waals surface area (Å²) in [5.41, 5.74) is 0.893. The molecule has 25 heavy (non-hydrogen) atoms. The first-order valence-corrected chi connectivity index (χ1v) is 9.77. The molecule has 4 heterocycles. The molecule has 1 aliphatic rings. The number of aromatic nitrogens is 5. The van der Waals surface area contributed by atoms with Crippen LogP contribution in [0, 0.1) is 11.3 Å². The van der Waals surface area contributed by atoms with Crippen LogP contribution in [0.3, 0.4) is 0 Å². The maximum absolute atomic E-state index is 11.8. The van der Waals surface area contributed by atoms with Crippen molar-refractivity contribution in [3.63, 3.8) is 0 Å². The standard InChI is InChI=1S/C16H16N6O2S/c17-5-2-16(3-7-25(23,24)8-4-16)22-11-13(10-20-22)15-19-9-12-1-6-18-14(12)21-15/h1,6,9-11H,2-4,7-8H2,(H,18,19,21). The van der Waals surface area contributed by atoms with E-state index < -0.39 is 15.4 Å². The van der Waals surface area contributed by atoms with Crippen molar-refractivity contribution in [3.8, 4) is 17.5 Å². The molecule has 0 bridgehead atoms. The van der Waals surface area contributed by atoms with Gasteiger partial charge in [-0.05, 0) is 18.9 Å². The Bertz CT molecular complexity index is 1060. The second-order valence-corrected chi connectivity index (χ2v) is 8.66. The Balaban J connectivity index is 1.70. The minimum Gasteiger partial charge on any atom is -0.346 e. The van der Waals surface area contributed by atoms with Crippen molar-refractivity contribution >= 4 is 20.9 Å². The number of hydrogen-bond donors (Lipinski definition) is 1. The minimum atomic E-state index is -3.02. The average Bonchev–Trinajstić information content (AvgIpc) is 3.25. The quantitative estimate of drug-likeness (QED) is 0.762. The van der Waals surface area contributed by atoms with Gasteiger partial charge >= 0.3 is 0 Å². The maximum Gasteiger partial charge on any atom is 0.164 e. The second kappa shape index (κ2) is 5.67. The van der Waals surface area contributed by atoms with Gasteiger partial charge < -0.3 is 4.98 Å². The van der Waals surface area contributed by atoms with Crippen molar-refractivity contribution in [2.75, 3.05) is 11.5 Å². The lowest BCUT2D eigenvalue weighted by Gasteiger charge is -2.35. The third-order valence-corrected chi connectivity index (χ3v) is 6.44. The van der Waals surface area contributed by atoms with Crippen LogP contribution in [-0.2, 0) is 15.4 Å². The predicted octanol–water partition coefficient (Wildman–Crippen LogP) is 1.64. The van der Waals surface area contributed by atoms with E-state index in [2.05, 4.69) is 26.1 Å². The van der Waals surface area contributed by atoms with Crippen LogP contribution in [0.4, 0.5) is 0 Å². The van der Waals surface area contributed by atoms with Crippen molar-refractivity contribution in [2.45, 2.75) is 24.8 Å². The average molecular weight is 356 g/mol. The number of nitrogens with one attached hydrogen (secondary N) is 1. The highest BCUT2D eigenvalue weighted by atomic mass is 32.2. The number of H-pyrrole nitrogens is 1. The van der Waals surface area contributed by atoms with E-state index in [1.54, 1.807) is 29.5 Å². The molecule has 1 saturated heterocycles. The Kier molecular flexibility index (Phi) is 3.58. The summed E-state index contributed by atoms with van der Waals surface area (Å²) in [6.45, 7) is 0. The normalized spacial score (nSPS) is 18.8. The zero-order valence-corrected chi connectivity index (χ0v) is 14.2. The number of fused-ring (bicyclic) bond motifs is 1. The van der Waals surface area contributed by atoms with Crippen molar-refractivity contribution in [3.05, 3.63) is 30.9 Å². The Morgan fingerprint density at radius 2 is 2.12 bits per heavy atom. The van der Waals surface area contributed by atoms with Gasteiger partial charge in [0.15, 0.2) is 15.7 Å². The molecule has 0 spiro atoms. The summed E-state index contributed by atoms with van der Waals surface area (Å²) < 4.78 is 25.3. The number of aromatic amines is 1. The molecule has 3 aromatic rings. The summed E-state index contributed by atoms with van der Waals surface area (Å²) in [6, 6.07) is 4.08. The lowest BCUT2D eigenvalue weighted by atomic mass is 9.89. The second-order valence-electron chi connectivity index (χ2n) is 6.36. The van der Waals surface area contributed by atoms with Crippen LogP contribution in [-0.4, -0.2) is 44.7 Å². The van der Waals surface area contributed by atoms with Gasteiger partial charge in [0.2, 0.25) is 0 Å². The van der Waals surface area contributed by atoms with Crippen molar-refractivity contribution < 1.29 is 8.42 Å². The molecule has 4 rings (SSSR count). The molecule has 0 aliphatic carbocycles. The van der Waals surface area contributed by atoms with E-state index in [-0.39, 0.29) is 17.9 Å². The Morgan fingerprint density at radius 1 is 1.32 bits per heavy atom. The monoisotopic (exact) mass is 356 g/mol. The van der Waals surface area contributed by atoms with Gasteiger partial charge in [-0.25, -0.2) is 18.4 Å². The van der Waals surface area contributed by atoms with Crippen LogP contribution in [0.25, 0.3) is 22.4 Å². The van der Waals surface area contributed by atoms with Crippen LogP contribution < -0.4 is 0 Å². The van der Waals surface area contributed by atoms with Crippen LogP contribution in [0.1, 0.15) is 19.3 Å². The van der Waals surface area contributed by atoms with E-state index in [1.165, 1.54) is 0 Å². The SMILES string of the molecule is N#CCC1(n2cc(-c3ncc4cc[nH]c4n3)cn2)CCS(=O)(=O)CC1. The van der Waals surface area contributed by atoms with Crippen LogP contribution in [0.5, 0.6) is 0 Å². The predicted molar refractivity (Wildman–Crippen MR) is 91.2 cm³/mol. The lowest BCUT2D eigenvalue weighted by Crippen LogP contribution is -2.42. The molecule has 1 aliphatic heterocycles. The molecule has 8 nitrogen and oxygen atoms in total. The maximum atomic E-state index is 11.8. The van der Waals surface area contributed by atoms with E-state index in [1.807, 2.05) is 6.07 Å². The highest BCUT2D eigenvalue weighted by molar-refractivity contribution is 7.91. The third-order valence-electron chi connectivity index (χ3n) is 4.79. The molecule has 0 amide bonds. The van der Waals surface area contributed by atoms with E-state index >= 15 is 0 Å². The van der Waals surface area contributed by atoms with Gasteiger partial charge in [-0.3, -0.25) is 4.68 Å². The van der Waals surface area contributed by atoms with E-state index in [9.17, 15) is 13.7 Å². The largest absolute Gasteiger partial charge is 0.346 e. The molecular formula is C16H16N6O2S. The zero-order valence-electron chi connectivity index (χ0n) is 13.4. The fourth-order valence-electron chi connectivity index (χ4n) is 3.23. The third kappa shape index (κ3) is 2.78. The summed E-state index contributed by atoms with van der Waals surface area (Å²) in [4.78, 5) is 11.9. The van der Waals surface area contributed by atoms with Gasteiger partial charge in [-0.1, -0.05) is 0 Å². The highest BCUT2D eigenvalue weighted by Gasteiger charge is 2.39. The summed E-state index contributed by atoms with van der Waals surface area (Å²) >= 11 is 0. The molecule has 128 valence electrons. The molecule has 9 heteroatoms. The highest BCUT2D eigenvalue weighted by Crippen LogP contribution is 2.35. The molecule has 1 fully saturated rings. The van der Waals surface area contributed by atoms with Crippen molar-refractivity contribution in [1.29, 1.82) is 5.26 Å². The van der Waals surface area contributed by atoms with Crippen molar-refractivity contribution in [2.24, 2.45) is 0 Å². The molecule has 3 aromatic heterocycles. The molecule has 0 radical (unpaired) electrons. The fourth-order valence-corrected chi connectivity index (χ4v) is 4.81. The van der Waals surface area contributed by atoms with E-state index in [0.29, 0.717) is 18.7 Å². The Labute approximate surface area is 144 Å². The van der Waals surface area contributed by atoms with Crippen LogP contribution in [0.15, 0.2) is 30.9 Å². The van der Waals surface area contributed by atoms with Crippen LogP contribution >= 0.6 is 0 Å². The van der Waals surface area contributed by atoms with Gasteiger partial charge in [0, 0.05) is 24.0 Å². The van der Waals surface area contributed by atoms with Crippen molar-refractivity contribution in [1.82, 2.24) is 24.7 Å². The summed E-state index contributed by atoms with van der Waals surface area (Å²) in [5.74, 6) is 0.695. The molecule has 0 aromatic carbocycles. The number of hydrogen-bond acceptors (Lipinski definition) is 6. The minimum absolute atomic E-state index is 0.0782. The number of nitriles is 1. The van der Waals surface area contributed by atoms with E-state index in [4.69, 9.17) is 0 Å². The summed E-state index contributed by atoms with van der Waals surface area (Å²) in [6.07, 6.45) is 8.01. The Morgan fingerprint density at radius 3 is 2.88 bits per heavy atom. The Hall–Kier alpha value is -2.73. The number of rotatable bonds is 3. The first kappa shape index (κ1) is 15.8. The first-order chi connectivity index (χ1) is 12.0. The molecule has 0 atom stereocenters. The molecule has 1 N–H and O–H groups in total. The van der Waals surface area contributed by atoms with E-state index in [0.717, 1.165) is 16.6 Å². The van der Waals surface area contributed by atoms with Gasteiger partial charge in [0.05, 0.1) is 41.3 Å². The van der Waals surface area contributed by atoms with Gasteiger partial charge in [0.1, 0.15) is 5.65 Å². The molecule has 0 unspecified atom stereocenters. The van der Waals surface area contributed by atoms with Crippen LogP contribution in [0.2, 0.25) is 0 Å². The van der Waals surface area contributed by atoms with Gasteiger partial charge in [-0.2, -0.15) is 10.4 Å². The van der Waals surface area contributed by atoms with Gasteiger partial charge in [-0.15, -0.1) is 0 Å². The lowest BCUT2D eigenvalue weighted by molar-refractivity contribution is 0.234. The zero-order chi connectivity index (χ0) is 17.5. The summed E-state index contributed by atoms with van der Waals surface area (Å²) in [7, 11) is -3.02. The number of nitrogens with zero attached hydrogens (tertiary/aromatic N) is 5. The molecule has 0 saturated carbocycles. The van der Waals surface area contributed by atoms with Gasteiger partial charge in [0.25, 0.3) is 0 Å².